The molecule has 1 fully saturated rings. The molecule has 0 aromatic carbocycles. The summed E-state index contributed by atoms with van der Waals surface area (Å²) in [5.41, 5.74) is 8.82. The molecule has 2 aliphatic rings. The van der Waals surface area contributed by atoms with Crippen LogP contribution in [0.4, 0.5) is 5.69 Å². The average molecular weight is 370 g/mol. The maximum atomic E-state index is 12.7. The van der Waals surface area contributed by atoms with Gasteiger partial charge in [-0.2, -0.15) is 5.10 Å². The van der Waals surface area contributed by atoms with Crippen molar-refractivity contribution in [3.63, 3.8) is 0 Å². The zero-order valence-corrected chi connectivity index (χ0v) is 15.5. The first-order valence-corrected chi connectivity index (χ1v) is 9.85. The normalized spacial score (nSPS) is 19.9. The van der Waals surface area contributed by atoms with E-state index >= 15 is 0 Å². The molecule has 1 aliphatic carbocycles. The number of aryl methyl sites for hydroxylation is 1. The summed E-state index contributed by atoms with van der Waals surface area (Å²) in [6.45, 7) is 2.72. The smallest absolute Gasteiger partial charge is 0.273 e. The zero-order valence-electron chi connectivity index (χ0n) is 14.7. The molecule has 1 atom stereocenters. The first-order chi connectivity index (χ1) is 12.6. The molecule has 26 heavy (non-hydrogen) atoms. The molecular weight excluding hydrogens is 348 g/mol. The minimum atomic E-state index is -0.148. The molecule has 0 bridgehead atoms. The predicted molar refractivity (Wildman–Crippen MR) is 103 cm³/mol. The summed E-state index contributed by atoms with van der Waals surface area (Å²) < 4.78 is 1.83. The fourth-order valence-corrected chi connectivity index (χ4v) is 3.81. The van der Waals surface area contributed by atoms with E-state index in [1.54, 1.807) is 24.0 Å². The average Bonchev–Trinajstić information content (AvgIpc) is 3.35. The first-order valence-electron chi connectivity index (χ1n) is 8.86. The van der Waals surface area contributed by atoms with Gasteiger partial charge in [-0.25, -0.2) is 0 Å². The predicted octanol–water partition coefficient (Wildman–Crippen LogP) is 2.74. The van der Waals surface area contributed by atoms with Gasteiger partial charge in [0.2, 0.25) is 0 Å². The van der Waals surface area contributed by atoms with Crippen LogP contribution in [-0.2, 0) is 6.54 Å². The number of hydrogen-bond donors (Lipinski definition) is 2. The highest BCUT2D eigenvalue weighted by atomic mass is 32.2. The number of rotatable bonds is 5. The van der Waals surface area contributed by atoms with Crippen molar-refractivity contribution >= 4 is 28.5 Å². The number of nitrogens with zero attached hydrogens (tertiary/aromatic N) is 4. The van der Waals surface area contributed by atoms with E-state index in [4.69, 9.17) is 5.73 Å². The molecule has 8 heteroatoms. The summed E-state index contributed by atoms with van der Waals surface area (Å²) in [5, 5.41) is 8.03. The Bertz CT molecular complexity index is 857. The van der Waals surface area contributed by atoms with E-state index in [0.29, 0.717) is 22.5 Å². The van der Waals surface area contributed by atoms with Gasteiger partial charge in [0.05, 0.1) is 17.4 Å². The van der Waals surface area contributed by atoms with Crippen LogP contribution in [0.5, 0.6) is 0 Å². The molecule has 2 aromatic rings. The number of thioether (sulfide) groups is 1. The third-order valence-electron chi connectivity index (χ3n) is 4.57. The van der Waals surface area contributed by atoms with Crippen LogP contribution >= 0.6 is 11.8 Å². The number of amidine groups is 1. The molecule has 0 radical (unpaired) electrons. The molecular formula is C18H22N6OS. The van der Waals surface area contributed by atoms with Crippen molar-refractivity contribution in [1.82, 2.24) is 14.8 Å². The first kappa shape index (κ1) is 17.1. The number of nitrogens with one attached hydrogen (secondary N) is 1. The van der Waals surface area contributed by atoms with E-state index < -0.39 is 0 Å². The minimum absolute atomic E-state index is 0.0456. The summed E-state index contributed by atoms with van der Waals surface area (Å²) in [6, 6.07) is 5.46. The highest BCUT2D eigenvalue weighted by Crippen LogP contribution is 2.31. The van der Waals surface area contributed by atoms with Crippen molar-refractivity contribution in [2.75, 3.05) is 11.1 Å². The maximum Gasteiger partial charge on any atom is 0.273 e. The van der Waals surface area contributed by atoms with Crippen molar-refractivity contribution in [1.29, 1.82) is 0 Å². The van der Waals surface area contributed by atoms with Crippen LogP contribution in [0.3, 0.4) is 0 Å². The number of carbonyl (C=O) groups excluding carboxylic acids is 1. The Morgan fingerprint density at radius 2 is 2.23 bits per heavy atom. The van der Waals surface area contributed by atoms with Gasteiger partial charge in [-0.3, -0.25) is 19.5 Å². The molecule has 3 heterocycles. The fourth-order valence-electron chi connectivity index (χ4n) is 3.06. The number of carbonyl (C=O) groups is 1. The van der Waals surface area contributed by atoms with Crippen molar-refractivity contribution in [2.24, 2.45) is 16.6 Å². The van der Waals surface area contributed by atoms with Crippen molar-refractivity contribution in [3.05, 3.63) is 41.5 Å². The lowest BCUT2D eigenvalue weighted by Gasteiger charge is -2.18. The van der Waals surface area contributed by atoms with Crippen LogP contribution in [0.1, 0.15) is 47.2 Å². The Labute approximate surface area is 156 Å². The lowest BCUT2D eigenvalue weighted by Crippen LogP contribution is -2.19. The third-order valence-corrected chi connectivity index (χ3v) is 5.41. The van der Waals surface area contributed by atoms with Crippen molar-refractivity contribution in [2.45, 2.75) is 38.8 Å². The van der Waals surface area contributed by atoms with Gasteiger partial charge >= 0.3 is 0 Å². The molecule has 3 N–H and O–H groups in total. The largest absolute Gasteiger partial charge is 0.379 e. The molecule has 1 amide bonds. The molecule has 1 saturated carbocycles. The zero-order chi connectivity index (χ0) is 18.1. The second-order valence-corrected chi connectivity index (χ2v) is 7.96. The van der Waals surface area contributed by atoms with Gasteiger partial charge in [-0.1, -0.05) is 11.8 Å². The fraction of sp³-hybridized carbons (Fsp3) is 0.444. The van der Waals surface area contributed by atoms with Crippen LogP contribution < -0.4 is 11.1 Å². The number of amides is 1. The van der Waals surface area contributed by atoms with Crippen LogP contribution in [0.2, 0.25) is 0 Å². The Kier molecular flexibility index (Phi) is 4.67. The topological polar surface area (TPSA) is 98.2 Å². The Morgan fingerprint density at radius 1 is 1.38 bits per heavy atom. The van der Waals surface area contributed by atoms with E-state index in [1.165, 1.54) is 12.8 Å². The SMILES string of the molecule is Cc1cc(C(=O)Nc2ccnc(C3CCSC(N)=N3)c2)n(CC2CC2)n1. The molecule has 136 valence electrons. The van der Waals surface area contributed by atoms with E-state index in [9.17, 15) is 4.79 Å². The molecule has 1 unspecified atom stereocenters. The van der Waals surface area contributed by atoms with E-state index in [2.05, 4.69) is 20.4 Å². The van der Waals surface area contributed by atoms with Crippen molar-refractivity contribution < 1.29 is 4.79 Å². The Balaban J connectivity index is 1.51. The van der Waals surface area contributed by atoms with E-state index in [0.717, 1.165) is 30.1 Å². The molecule has 1 aliphatic heterocycles. The second-order valence-electron chi connectivity index (χ2n) is 6.84. The maximum absolute atomic E-state index is 12.7. The summed E-state index contributed by atoms with van der Waals surface area (Å²) in [5.74, 6) is 1.43. The summed E-state index contributed by atoms with van der Waals surface area (Å²) in [4.78, 5) is 21.6. The van der Waals surface area contributed by atoms with Crippen LogP contribution in [-0.4, -0.2) is 31.6 Å². The van der Waals surface area contributed by atoms with Gasteiger partial charge in [0, 0.05) is 24.2 Å². The van der Waals surface area contributed by atoms with Crippen LogP contribution in [0.15, 0.2) is 29.4 Å². The Morgan fingerprint density at radius 3 is 3.00 bits per heavy atom. The van der Waals surface area contributed by atoms with Crippen molar-refractivity contribution in [3.8, 4) is 0 Å². The number of aromatic nitrogens is 3. The monoisotopic (exact) mass is 370 g/mol. The number of anilines is 1. The highest BCUT2D eigenvalue weighted by molar-refractivity contribution is 8.13. The molecule has 7 nitrogen and oxygen atoms in total. The third kappa shape index (κ3) is 3.90. The van der Waals surface area contributed by atoms with E-state index in [-0.39, 0.29) is 11.9 Å². The number of pyridine rings is 1. The summed E-state index contributed by atoms with van der Waals surface area (Å²) in [7, 11) is 0. The van der Waals surface area contributed by atoms with Gasteiger partial charge in [-0.05, 0) is 50.3 Å². The van der Waals surface area contributed by atoms with Gasteiger partial charge in [-0.15, -0.1) is 0 Å². The van der Waals surface area contributed by atoms with Gasteiger partial charge in [0.15, 0.2) is 5.17 Å². The lowest BCUT2D eigenvalue weighted by molar-refractivity contribution is 0.101. The van der Waals surface area contributed by atoms with Gasteiger partial charge in [0.1, 0.15) is 5.69 Å². The molecule has 4 rings (SSSR count). The summed E-state index contributed by atoms with van der Waals surface area (Å²) >= 11 is 1.56. The molecule has 2 aromatic heterocycles. The van der Waals surface area contributed by atoms with Crippen LogP contribution in [0.25, 0.3) is 0 Å². The second kappa shape index (κ2) is 7.11. The lowest BCUT2D eigenvalue weighted by atomic mass is 10.1. The Hall–Kier alpha value is -2.35. The number of aliphatic imine (C=N–C) groups is 1. The van der Waals surface area contributed by atoms with Gasteiger partial charge in [0.25, 0.3) is 5.91 Å². The molecule has 0 spiro atoms. The summed E-state index contributed by atoms with van der Waals surface area (Å²) in [6.07, 6.45) is 5.03. The van der Waals surface area contributed by atoms with E-state index in [1.807, 2.05) is 23.7 Å². The quantitative estimate of drug-likeness (QED) is 0.843. The van der Waals surface area contributed by atoms with Gasteiger partial charge < -0.3 is 11.1 Å². The standard InChI is InChI=1S/C18H22N6OS/c1-11-8-16(24(23-11)10-12-2-3-12)17(25)21-13-4-6-20-15(9-13)14-5-7-26-18(19)22-14/h4,6,8-9,12,14H,2-3,5,7,10H2,1H3,(H2,19,22)(H,20,21,25). The number of nitrogens with two attached hydrogens (primary N) is 1. The minimum Gasteiger partial charge on any atom is -0.379 e. The highest BCUT2D eigenvalue weighted by Gasteiger charge is 2.25. The number of hydrogen-bond acceptors (Lipinski definition) is 6. The van der Waals surface area contributed by atoms with Crippen LogP contribution in [0, 0.1) is 12.8 Å². The molecule has 0 saturated heterocycles.